The molecule has 3 heteroatoms. The minimum Gasteiger partial charge on any atom is -0.369 e. The number of hydrogen-bond acceptors (Lipinski definition) is 2. The van der Waals surface area contributed by atoms with Gasteiger partial charge in [0.1, 0.15) is 0 Å². The van der Waals surface area contributed by atoms with Gasteiger partial charge < -0.3 is 4.90 Å². The Labute approximate surface area is 143 Å². The molecule has 120 valence electrons. The minimum atomic E-state index is 0.714. The predicted octanol–water partition coefficient (Wildman–Crippen LogP) is 4.02. The van der Waals surface area contributed by atoms with Gasteiger partial charge >= 0.3 is 0 Å². The van der Waals surface area contributed by atoms with E-state index < -0.39 is 0 Å². The van der Waals surface area contributed by atoms with Crippen LogP contribution in [-0.4, -0.2) is 37.1 Å². The molecule has 0 spiro atoms. The molecular formula is C20H23ClN2. The van der Waals surface area contributed by atoms with Crippen molar-refractivity contribution in [1.29, 1.82) is 0 Å². The van der Waals surface area contributed by atoms with Gasteiger partial charge in [-0.1, -0.05) is 41.9 Å². The van der Waals surface area contributed by atoms with Gasteiger partial charge in [-0.15, -0.1) is 0 Å². The zero-order chi connectivity index (χ0) is 15.6. The maximum atomic E-state index is 6.13. The van der Waals surface area contributed by atoms with E-state index in [1.807, 2.05) is 12.1 Å². The lowest BCUT2D eigenvalue weighted by atomic mass is 9.87. The molecule has 2 aromatic rings. The van der Waals surface area contributed by atoms with Crippen LogP contribution in [-0.2, 0) is 12.8 Å². The average molecular weight is 327 g/mol. The summed E-state index contributed by atoms with van der Waals surface area (Å²) >= 11 is 6.13. The molecule has 0 N–H and O–H groups in total. The van der Waals surface area contributed by atoms with E-state index in [2.05, 4.69) is 46.2 Å². The van der Waals surface area contributed by atoms with Crippen molar-refractivity contribution in [2.24, 2.45) is 0 Å². The van der Waals surface area contributed by atoms with Gasteiger partial charge in [-0.2, -0.15) is 0 Å². The molecular weight excluding hydrogens is 304 g/mol. The molecule has 2 aliphatic rings. The number of rotatable bonds is 2. The largest absolute Gasteiger partial charge is 0.369 e. The maximum absolute atomic E-state index is 6.13. The number of aryl methyl sites for hydroxylation is 1. The van der Waals surface area contributed by atoms with E-state index >= 15 is 0 Å². The Balaban J connectivity index is 1.39. The highest BCUT2D eigenvalue weighted by Gasteiger charge is 2.27. The van der Waals surface area contributed by atoms with Crippen molar-refractivity contribution in [3.8, 4) is 0 Å². The molecule has 1 aliphatic carbocycles. The van der Waals surface area contributed by atoms with E-state index in [-0.39, 0.29) is 0 Å². The Morgan fingerprint density at radius 2 is 1.65 bits per heavy atom. The van der Waals surface area contributed by atoms with E-state index in [1.54, 1.807) is 11.1 Å². The third kappa shape index (κ3) is 3.24. The molecule has 0 aromatic heterocycles. The van der Waals surface area contributed by atoms with Crippen molar-refractivity contribution in [3.05, 3.63) is 64.7 Å². The normalized spacial score (nSPS) is 22.0. The van der Waals surface area contributed by atoms with E-state index in [9.17, 15) is 0 Å². The van der Waals surface area contributed by atoms with Crippen LogP contribution in [0, 0.1) is 0 Å². The maximum Gasteiger partial charge on any atom is 0.0426 e. The minimum absolute atomic E-state index is 0.714. The Bertz CT molecular complexity index is 677. The number of fused-ring (bicyclic) bond motifs is 1. The molecule has 2 aromatic carbocycles. The third-order valence-corrected chi connectivity index (χ3v) is 5.56. The number of nitrogens with zero attached hydrogens (tertiary/aromatic N) is 2. The molecule has 0 bridgehead atoms. The highest BCUT2D eigenvalue weighted by atomic mass is 35.5. The number of anilines is 1. The molecule has 1 atom stereocenters. The van der Waals surface area contributed by atoms with Crippen molar-refractivity contribution in [2.75, 3.05) is 31.1 Å². The van der Waals surface area contributed by atoms with Gasteiger partial charge in [0.25, 0.3) is 0 Å². The summed E-state index contributed by atoms with van der Waals surface area (Å²) in [5.41, 5.74) is 4.37. The van der Waals surface area contributed by atoms with Gasteiger partial charge in [0.2, 0.25) is 0 Å². The Morgan fingerprint density at radius 3 is 2.43 bits per heavy atom. The molecule has 4 rings (SSSR count). The van der Waals surface area contributed by atoms with Crippen LogP contribution in [0.5, 0.6) is 0 Å². The third-order valence-electron chi connectivity index (χ3n) is 5.32. The van der Waals surface area contributed by atoms with Gasteiger partial charge in [0.15, 0.2) is 0 Å². The van der Waals surface area contributed by atoms with Crippen LogP contribution >= 0.6 is 11.6 Å². The van der Waals surface area contributed by atoms with E-state index in [0.717, 1.165) is 31.2 Å². The predicted molar refractivity (Wildman–Crippen MR) is 97.5 cm³/mol. The zero-order valence-electron chi connectivity index (χ0n) is 13.4. The van der Waals surface area contributed by atoms with Gasteiger partial charge in [-0.3, -0.25) is 4.90 Å². The standard InChI is InChI=1S/C20H23ClN2/c21-18-6-3-7-19(15-18)22-10-12-23(13-11-22)20-9-8-16-4-1-2-5-17(16)14-20/h1-7,15,20H,8-14H2/t20-/m0/s1. The van der Waals surface area contributed by atoms with Crippen LogP contribution in [0.2, 0.25) is 5.02 Å². The summed E-state index contributed by atoms with van der Waals surface area (Å²) in [7, 11) is 0. The van der Waals surface area contributed by atoms with Crippen LogP contribution < -0.4 is 4.90 Å². The molecule has 1 heterocycles. The molecule has 0 amide bonds. The van der Waals surface area contributed by atoms with Gasteiger partial charge in [0.05, 0.1) is 0 Å². The number of hydrogen-bond donors (Lipinski definition) is 0. The first-order chi connectivity index (χ1) is 11.3. The van der Waals surface area contributed by atoms with Crippen LogP contribution in [0.3, 0.4) is 0 Å². The second kappa shape index (κ2) is 6.54. The Kier molecular flexibility index (Phi) is 4.28. The number of benzene rings is 2. The first-order valence-corrected chi connectivity index (χ1v) is 8.99. The van der Waals surface area contributed by atoms with Crippen LogP contribution in [0.1, 0.15) is 17.5 Å². The first-order valence-electron chi connectivity index (χ1n) is 8.61. The summed E-state index contributed by atoms with van der Waals surface area (Å²) in [5.74, 6) is 0. The Morgan fingerprint density at radius 1 is 0.870 bits per heavy atom. The van der Waals surface area contributed by atoms with Crippen molar-refractivity contribution in [2.45, 2.75) is 25.3 Å². The van der Waals surface area contributed by atoms with Crippen LogP contribution in [0.15, 0.2) is 48.5 Å². The van der Waals surface area contributed by atoms with Crippen molar-refractivity contribution >= 4 is 17.3 Å². The van der Waals surface area contributed by atoms with Crippen molar-refractivity contribution in [3.63, 3.8) is 0 Å². The number of halogens is 1. The smallest absolute Gasteiger partial charge is 0.0426 e. The molecule has 0 unspecified atom stereocenters. The van der Waals surface area contributed by atoms with Crippen LogP contribution in [0.4, 0.5) is 5.69 Å². The van der Waals surface area contributed by atoms with Crippen molar-refractivity contribution < 1.29 is 0 Å². The topological polar surface area (TPSA) is 6.48 Å². The van der Waals surface area contributed by atoms with Gasteiger partial charge in [-0.05, 0) is 48.6 Å². The van der Waals surface area contributed by atoms with Gasteiger partial charge in [-0.25, -0.2) is 0 Å². The molecule has 2 nitrogen and oxygen atoms in total. The summed E-state index contributed by atoms with van der Waals surface area (Å²) in [6, 6.07) is 17.9. The van der Waals surface area contributed by atoms with Gasteiger partial charge in [0, 0.05) is 42.9 Å². The summed E-state index contributed by atoms with van der Waals surface area (Å²) in [6.07, 6.45) is 3.75. The van der Waals surface area contributed by atoms with E-state index in [0.29, 0.717) is 6.04 Å². The molecule has 1 fully saturated rings. The summed E-state index contributed by atoms with van der Waals surface area (Å²) in [4.78, 5) is 5.15. The second-order valence-electron chi connectivity index (χ2n) is 6.67. The molecule has 1 saturated heterocycles. The highest BCUT2D eigenvalue weighted by Crippen LogP contribution is 2.26. The van der Waals surface area contributed by atoms with E-state index in [4.69, 9.17) is 11.6 Å². The molecule has 0 saturated carbocycles. The highest BCUT2D eigenvalue weighted by molar-refractivity contribution is 6.30. The fourth-order valence-electron chi connectivity index (χ4n) is 4.01. The summed E-state index contributed by atoms with van der Waals surface area (Å²) in [6.45, 7) is 4.50. The summed E-state index contributed by atoms with van der Waals surface area (Å²) < 4.78 is 0. The second-order valence-corrected chi connectivity index (χ2v) is 7.10. The molecule has 1 aliphatic heterocycles. The number of piperazine rings is 1. The van der Waals surface area contributed by atoms with Crippen molar-refractivity contribution in [1.82, 2.24) is 4.90 Å². The zero-order valence-corrected chi connectivity index (χ0v) is 14.2. The fraction of sp³-hybridized carbons (Fsp3) is 0.400. The lowest BCUT2D eigenvalue weighted by molar-refractivity contribution is 0.170. The molecule has 23 heavy (non-hydrogen) atoms. The quantitative estimate of drug-likeness (QED) is 0.822. The first kappa shape index (κ1) is 15.0. The Hall–Kier alpha value is -1.51. The van der Waals surface area contributed by atoms with Crippen LogP contribution in [0.25, 0.3) is 0 Å². The SMILES string of the molecule is Clc1cccc(N2CCN([C@H]3CCc4ccccc4C3)CC2)c1. The summed E-state index contributed by atoms with van der Waals surface area (Å²) in [5, 5.41) is 0.828. The fourth-order valence-corrected chi connectivity index (χ4v) is 4.19. The lowest BCUT2D eigenvalue weighted by Crippen LogP contribution is -2.51. The van der Waals surface area contributed by atoms with E-state index in [1.165, 1.54) is 24.9 Å². The monoisotopic (exact) mass is 326 g/mol. The average Bonchev–Trinajstić information content (AvgIpc) is 2.61. The molecule has 0 radical (unpaired) electrons. The lowest BCUT2D eigenvalue weighted by Gasteiger charge is -2.42.